The first-order chi connectivity index (χ1) is 9.04. The molecule has 1 aliphatic rings. The summed E-state index contributed by atoms with van der Waals surface area (Å²) in [6.45, 7) is 1.43. The van der Waals surface area contributed by atoms with Crippen LogP contribution in [0.5, 0.6) is 0 Å². The summed E-state index contributed by atoms with van der Waals surface area (Å²) in [5.41, 5.74) is 0. The number of nitrogens with one attached hydrogen (secondary N) is 1. The minimum absolute atomic E-state index is 0.226. The maximum atomic E-state index is 12.3. The predicted octanol–water partition coefficient (Wildman–Crippen LogP) is 1.38. The van der Waals surface area contributed by atoms with E-state index < -0.39 is 10.0 Å². The molecule has 0 aliphatic carbocycles. The summed E-state index contributed by atoms with van der Waals surface area (Å²) in [6.07, 6.45) is 3.31. The summed E-state index contributed by atoms with van der Waals surface area (Å²) < 4.78 is 26.3. The molecule has 0 bridgehead atoms. The number of thiophene rings is 1. The summed E-state index contributed by atoms with van der Waals surface area (Å²) in [6, 6.07) is 5.24. The zero-order chi connectivity index (χ0) is 13.9. The van der Waals surface area contributed by atoms with Crippen LogP contribution in [0.2, 0.25) is 0 Å². The predicted molar refractivity (Wildman–Crippen MR) is 74.5 cm³/mol. The van der Waals surface area contributed by atoms with Gasteiger partial charge in [-0.3, -0.25) is 0 Å². The average molecular weight is 299 g/mol. The van der Waals surface area contributed by atoms with Gasteiger partial charge in [0.1, 0.15) is 15.2 Å². The van der Waals surface area contributed by atoms with Crippen LogP contribution in [0.1, 0.15) is 24.1 Å². The van der Waals surface area contributed by atoms with E-state index in [9.17, 15) is 8.42 Å². The molecule has 0 aromatic carbocycles. The second-order valence-electron chi connectivity index (χ2n) is 4.66. The first-order valence-electron chi connectivity index (χ1n) is 6.23. The van der Waals surface area contributed by atoms with Crippen molar-refractivity contribution < 1.29 is 8.42 Å². The van der Waals surface area contributed by atoms with Crippen LogP contribution in [-0.4, -0.2) is 38.9 Å². The lowest BCUT2D eigenvalue weighted by atomic mass is 10.1. The molecule has 2 heterocycles. The molecule has 1 aromatic rings. The Morgan fingerprint density at radius 2 is 2.32 bits per heavy atom. The van der Waals surface area contributed by atoms with Crippen molar-refractivity contribution in [1.82, 2.24) is 9.62 Å². The number of nitriles is 1. The molecular formula is C12H17N3O2S2. The molecule has 1 aromatic heterocycles. The van der Waals surface area contributed by atoms with Crippen molar-refractivity contribution in [2.45, 2.75) is 29.5 Å². The van der Waals surface area contributed by atoms with Gasteiger partial charge in [0, 0.05) is 19.6 Å². The first-order valence-corrected chi connectivity index (χ1v) is 8.49. The van der Waals surface area contributed by atoms with Gasteiger partial charge in [0.15, 0.2) is 0 Å². The molecule has 1 fully saturated rings. The second-order valence-corrected chi connectivity index (χ2v) is 8.02. The Labute approximate surface area is 117 Å². The van der Waals surface area contributed by atoms with Crippen LogP contribution in [-0.2, 0) is 10.0 Å². The molecule has 19 heavy (non-hydrogen) atoms. The van der Waals surface area contributed by atoms with Crippen LogP contribution in [0, 0.1) is 11.3 Å². The monoisotopic (exact) mass is 299 g/mol. The zero-order valence-electron chi connectivity index (χ0n) is 10.8. The van der Waals surface area contributed by atoms with Gasteiger partial charge in [-0.1, -0.05) is 6.42 Å². The maximum Gasteiger partial charge on any atom is 0.252 e. The highest BCUT2D eigenvalue weighted by Gasteiger charge is 2.26. The normalized spacial score (nSPS) is 20.4. The Kier molecular flexibility index (Phi) is 4.58. The highest BCUT2D eigenvalue weighted by Crippen LogP contribution is 2.24. The lowest BCUT2D eigenvalue weighted by Gasteiger charge is -2.27. The van der Waals surface area contributed by atoms with Crippen molar-refractivity contribution in [1.29, 1.82) is 5.26 Å². The molecule has 0 saturated carbocycles. The number of sulfonamides is 1. The highest BCUT2D eigenvalue weighted by atomic mass is 32.2. The molecule has 1 saturated heterocycles. The van der Waals surface area contributed by atoms with Crippen LogP contribution in [0.15, 0.2) is 16.3 Å². The first kappa shape index (κ1) is 14.5. The van der Waals surface area contributed by atoms with E-state index in [0.717, 1.165) is 37.1 Å². The quantitative estimate of drug-likeness (QED) is 0.911. The minimum atomic E-state index is -3.47. The van der Waals surface area contributed by atoms with E-state index in [0.29, 0.717) is 11.4 Å². The van der Waals surface area contributed by atoms with Crippen molar-refractivity contribution in [3.8, 4) is 6.07 Å². The van der Waals surface area contributed by atoms with Gasteiger partial charge in [0.2, 0.25) is 0 Å². The third-order valence-corrected chi connectivity index (χ3v) is 6.53. The number of likely N-dealkylation sites (N-methyl/N-ethyl adjacent to an activating group) is 1. The number of piperidine rings is 1. The zero-order valence-corrected chi connectivity index (χ0v) is 12.4. The minimum Gasteiger partial charge on any atom is -0.313 e. The Bertz CT molecular complexity index is 568. The van der Waals surface area contributed by atoms with Gasteiger partial charge in [-0.15, -0.1) is 11.3 Å². The number of hydrogen-bond acceptors (Lipinski definition) is 5. The van der Waals surface area contributed by atoms with E-state index in [4.69, 9.17) is 5.26 Å². The molecule has 2 rings (SSSR count). The van der Waals surface area contributed by atoms with Crippen LogP contribution in [0.4, 0.5) is 0 Å². The lowest BCUT2D eigenvalue weighted by Crippen LogP contribution is -2.44. The average Bonchev–Trinajstić information content (AvgIpc) is 2.89. The van der Waals surface area contributed by atoms with Crippen molar-refractivity contribution >= 4 is 21.4 Å². The van der Waals surface area contributed by atoms with Crippen molar-refractivity contribution in [3.05, 3.63) is 17.0 Å². The summed E-state index contributed by atoms with van der Waals surface area (Å²) in [5.74, 6) is 0. The molecule has 1 N–H and O–H groups in total. The number of nitrogens with zero attached hydrogens (tertiary/aromatic N) is 2. The summed E-state index contributed by atoms with van der Waals surface area (Å²) in [7, 11) is -1.87. The molecule has 1 unspecified atom stereocenters. The molecule has 0 radical (unpaired) electrons. The molecule has 1 aliphatic heterocycles. The van der Waals surface area contributed by atoms with E-state index >= 15 is 0 Å². The smallest absolute Gasteiger partial charge is 0.252 e. The van der Waals surface area contributed by atoms with Gasteiger partial charge in [0.05, 0.1) is 0 Å². The third kappa shape index (κ3) is 3.34. The molecule has 1 atom stereocenters. The van der Waals surface area contributed by atoms with Crippen LogP contribution in [0.25, 0.3) is 0 Å². The van der Waals surface area contributed by atoms with Gasteiger partial charge < -0.3 is 5.32 Å². The Morgan fingerprint density at radius 1 is 1.53 bits per heavy atom. The lowest BCUT2D eigenvalue weighted by molar-refractivity contribution is 0.338. The molecule has 0 spiro atoms. The molecule has 104 valence electrons. The van der Waals surface area contributed by atoms with E-state index in [1.807, 2.05) is 6.07 Å². The maximum absolute atomic E-state index is 12.3. The summed E-state index contributed by atoms with van der Waals surface area (Å²) >= 11 is 1.02. The molecule has 7 heteroatoms. The van der Waals surface area contributed by atoms with E-state index in [1.165, 1.54) is 10.4 Å². The molecule has 0 amide bonds. The SMILES string of the molecule is CN(CC1CCCCN1)S(=O)(=O)c1ccc(C#N)s1. The van der Waals surface area contributed by atoms with E-state index in [2.05, 4.69) is 5.32 Å². The number of rotatable bonds is 4. The van der Waals surface area contributed by atoms with Gasteiger partial charge in [-0.25, -0.2) is 8.42 Å². The molecule has 5 nitrogen and oxygen atoms in total. The van der Waals surface area contributed by atoms with Crippen molar-refractivity contribution in [2.24, 2.45) is 0 Å². The fraction of sp³-hybridized carbons (Fsp3) is 0.583. The topological polar surface area (TPSA) is 73.2 Å². The second kappa shape index (κ2) is 6.01. The largest absolute Gasteiger partial charge is 0.313 e. The van der Waals surface area contributed by atoms with Gasteiger partial charge in [-0.05, 0) is 31.5 Å². The summed E-state index contributed by atoms with van der Waals surface area (Å²) in [5, 5.41) is 12.1. The fourth-order valence-corrected chi connectivity index (χ4v) is 4.69. The van der Waals surface area contributed by atoms with Crippen LogP contribution >= 0.6 is 11.3 Å². The highest BCUT2D eigenvalue weighted by molar-refractivity contribution is 7.91. The Hall–Kier alpha value is -0.940. The fourth-order valence-electron chi connectivity index (χ4n) is 2.16. The van der Waals surface area contributed by atoms with Gasteiger partial charge >= 0.3 is 0 Å². The van der Waals surface area contributed by atoms with Crippen molar-refractivity contribution in [2.75, 3.05) is 20.1 Å². The van der Waals surface area contributed by atoms with Gasteiger partial charge in [0.25, 0.3) is 10.0 Å². The van der Waals surface area contributed by atoms with Crippen LogP contribution in [0.3, 0.4) is 0 Å². The van der Waals surface area contributed by atoms with Gasteiger partial charge in [-0.2, -0.15) is 9.57 Å². The van der Waals surface area contributed by atoms with Crippen molar-refractivity contribution in [3.63, 3.8) is 0 Å². The standard InChI is InChI=1S/C12H17N3O2S2/c1-15(9-10-4-2-3-7-14-10)19(16,17)12-6-5-11(8-13)18-12/h5-6,10,14H,2-4,7,9H2,1H3. The van der Waals surface area contributed by atoms with E-state index in [1.54, 1.807) is 13.1 Å². The Balaban J connectivity index is 2.08. The number of hydrogen-bond donors (Lipinski definition) is 1. The molecular weight excluding hydrogens is 282 g/mol. The van der Waals surface area contributed by atoms with E-state index in [-0.39, 0.29) is 10.3 Å². The third-order valence-electron chi connectivity index (χ3n) is 3.25. The Morgan fingerprint density at radius 3 is 2.89 bits per heavy atom. The summed E-state index contributed by atoms with van der Waals surface area (Å²) in [4.78, 5) is 0.419. The van der Waals surface area contributed by atoms with Crippen LogP contribution < -0.4 is 5.32 Å².